The molecule has 4 heterocycles. The normalized spacial score (nSPS) is 19.7. The first kappa shape index (κ1) is 28.1. The molecule has 1 amide bonds. The highest BCUT2D eigenvalue weighted by molar-refractivity contribution is 7.22. The minimum atomic E-state index is 0.0954. The standard InChI is InChI=1S/C35H38N4O3S/c1-41-28-13-10-24(11-14-28)34-30(23-37-16-18-38(19-17-37)35(40)26-7-5-8-29(20-26)42-2)39-22-27(12-15-33(39)36-34)32-21-25-6-3-4-9-31(25)43-32/h3-4,6,9-15,21-22,26,29H,5,7-8,16-20,23H2,1-2H3. The predicted molar refractivity (Wildman–Crippen MR) is 173 cm³/mol. The average molecular weight is 595 g/mol. The SMILES string of the molecule is COc1ccc(-c2nc3ccc(-c4cc5ccccc5s4)cn3c2CN2CCN(C(=O)C3CCCC(OC)C3)CC2)cc1. The fraction of sp³-hybridized carbons (Fsp3) is 0.371. The smallest absolute Gasteiger partial charge is 0.225 e. The highest BCUT2D eigenvalue weighted by Gasteiger charge is 2.32. The molecule has 1 aliphatic heterocycles. The van der Waals surface area contributed by atoms with E-state index in [0.717, 1.165) is 86.8 Å². The number of rotatable bonds is 7. The van der Waals surface area contributed by atoms with E-state index in [9.17, 15) is 4.79 Å². The molecule has 2 unspecified atom stereocenters. The van der Waals surface area contributed by atoms with Crippen molar-refractivity contribution in [2.45, 2.75) is 38.3 Å². The molecule has 7 nitrogen and oxygen atoms in total. The molecule has 2 fully saturated rings. The lowest BCUT2D eigenvalue weighted by Gasteiger charge is -2.38. The highest BCUT2D eigenvalue weighted by Crippen LogP contribution is 2.35. The Kier molecular flexibility index (Phi) is 7.91. The number of aromatic nitrogens is 2. The summed E-state index contributed by atoms with van der Waals surface area (Å²) in [6.07, 6.45) is 6.42. The fourth-order valence-corrected chi connectivity index (χ4v) is 7.73. The van der Waals surface area contributed by atoms with Crippen LogP contribution < -0.4 is 4.74 Å². The molecule has 222 valence electrons. The number of carbonyl (C=O) groups excluding carboxylic acids is 1. The molecule has 2 aromatic carbocycles. The van der Waals surface area contributed by atoms with Gasteiger partial charge in [0.05, 0.1) is 24.6 Å². The topological polar surface area (TPSA) is 59.3 Å². The van der Waals surface area contributed by atoms with Crippen LogP contribution in [0.5, 0.6) is 5.75 Å². The molecule has 0 radical (unpaired) electrons. The fourth-order valence-electron chi connectivity index (χ4n) is 6.67. The number of carbonyl (C=O) groups is 1. The van der Waals surface area contributed by atoms with Crippen LogP contribution in [0, 0.1) is 5.92 Å². The number of hydrogen-bond donors (Lipinski definition) is 0. The third-order valence-electron chi connectivity index (χ3n) is 9.16. The first-order valence-corrected chi connectivity index (χ1v) is 16.1. The van der Waals surface area contributed by atoms with Crippen LogP contribution in [-0.2, 0) is 16.1 Å². The molecule has 0 N–H and O–H groups in total. The molecule has 7 rings (SSSR count). The molecular formula is C35H38N4O3S. The summed E-state index contributed by atoms with van der Waals surface area (Å²) in [4.78, 5) is 24.3. The molecule has 43 heavy (non-hydrogen) atoms. The molecule has 2 atom stereocenters. The molecule has 5 aromatic rings. The van der Waals surface area contributed by atoms with Gasteiger partial charge in [-0.1, -0.05) is 24.6 Å². The van der Waals surface area contributed by atoms with E-state index in [1.807, 2.05) is 23.5 Å². The zero-order valence-corrected chi connectivity index (χ0v) is 25.7. The zero-order chi connectivity index (χ0) is 29.3. The molecule has 0 spiro atoms. The Hall–Kier alpha value is -3.72. The van der Waals surface area contributed by atoms with E-state index in [1.165, 1.54) is 20.5 Å². The summed E-state index contributed by atoms with van der Waals surface area (Å²) in [6, 6.07) is 23.3. The van der Waals surface area contributed by atoms with Gasteiger partial charge < -0.3 is 18.8 Å². The van der Waals surface area contributed by atoms with Crippen molar-refractivity contribution in [2.75, 3.05) is 40.4 Å². The van der Waals surface area contributed by atoms with Gasteiger partial charge in [0.25, 0.3) is 0 Å². The third kappa shape index (κ3) is 5.67. The van der Waals surface area contributed by atoms with Gasteiger partial charge in [0.2, 0.25) is 5.91 Å². The van der Waals surface area contributed by atoms with Gasteiger partial charge >= 0.3 is 0 Å². The van der Waals surface area contributed by atoms with Gasteiger partial charge in [-0.05, 0) is 73.2 Å². The van der Waals surface area contributed by atoms with Crippen LogP contribution in [0.2, 0.25) is 0 Å². The van der Waals surface area contributed by atoms with Gasteiger partial charge in [-0.25, -0.2) is 4.98 Å². The summed E-state index contributed by atoms with van der Waals surface area (Å²) in [6.45, 7) is 3.97. The maximum Gasteiger partial charge on any atom is 0.225 e. The van der Waals surface area contributed by atoms with Crippen LogP contribution in [0.4, 0.5) is 0 Å². The lowest BCUT2D eigenvalue weighted by Crippen LogP contribution is -2.50. The molecule has 8 heteroatoms. The molecule has 1 saturated carbocycles. The van der Waals surface area contributed by atoms with Crippen molar-refractivity contribution < 1.29 is 14.3 Å². The maximum atomic E-state index is 13.4. The van der Waals surface area contributed by atoms with Crippen molar-refractivity contribution in [3.8, 4) is 27.4 Å². The second-order valence-corrected chi connectivity index (χ2v) is 12.8. The number of ether oxygens (including phenoxy) is 2. The van der Waals surface area contributed by atoms with Crippen LogP contribution in [0.25, 0.3) is 37.4 Å². The Morgan fingerprint density at radius 1 is 0.953 bits per heavy atom. The predicted octanol–water partition coefficient (Wildman–Crippen LogP) is 6.74. The number of nitrogens with zero attached hydrogens (tertiary/aromatic N) is 4. The van der Waals surface area contributed by atoms with Crippen LogP contribution in [0.15, 0.2) is 72.9 Å². The van der Waals surface area contributed by atoms with Gasteiger partial charge in [0.1, 0.15) is 11.4 Å². The summed E-state index contributed by atoms with van der Waals surface area (Å²) in [7, 11) is 3.46. The van der Waals surface area contributed by atoms with Crippen molar-refractivity contribution in [1.29, 1.82) is 0 Å². The Labute approximate surface area is 256 Å². The van der Waals surface area contributed by atoms with E-state index in [2.05, 4.69) is 75.0 Å². The van der Waals surface area contributed by atoms with Gasteiger partial charge in [-0.2, -0.15) is 0 Å². The summed E-state index contributed by atoms with van der Waals surface area (Å²) >= 11 is 1.82. The molecular weight excluding hydrogens is 556 g/mol. The Balaban J connectivity index is 1.16. The largest absolute Gasteiger partial charge is 0.497 e. The van der Waals surface area contributed by atoms with Crippen molar-refractivity contribution in [3.05, 3.63) is 78.6 Å². The quantitative estimate of drug-likeness (QED) is 0.209. The van der Waals surface area contributed by atoms with Gasteiger partial charge in [-0.3, -0.25) is 9.69 Å². The van der Waals surface area contributed by atoms with Crippen LogP contribution in [0.3, 0.4) is 0 Å². The molecule has 3 aromatic heterocycles. The van der Waals surface area contributed by atoms with Gasteiger partial charge in [0.15, 0.2) is 0 Å². The van der Waals surface area contributed by atoms with E-state index >= 15 is 0 Å². The first-order valence-electron chi connectivity index (χ1n) is 15.3. The first-order chi connectivity index (χ1) is 21.1. The van der Waals surface area contributed by atoms with E-state index in [4.69, 9.17) is 14.5 Å². The van der Waals surface area contributed by atoms with Crippen molar-refractivity contribution in [3.63, 3.8) is 0 Å². The van der Waals surface area contributed by atoms with Crippen LogP contribution >= 0.6 is 11.3 Å². The Bertz CT molecular complexity index is 1700. The number of methoxy groups -OCH3 is 2. The van der Waals surface area contributed by atoms with Gasteiger partial charge in [0, 0.05) is 72.7 Å². The third-order valence-corrected chi connectivity index (χ3v) is 10.3. The van der Waals surface area contributed by atoms with E-state index < -0.39 is 0 Å². The lowest BCUT2D eigenvalue weighted by molar-refractivity contribution is -0.140. The van der Waals surface area contributed by atoms with Crippen molar-refractivity contribution in [1.82, 2.24) is 19.2 Å². The van der Waals surface area contributed by atoms with Gasteiger partial charge in [-0.15, -0.1) is 11.3 Å². The molecule has 2 aliphatic rings. The number of piperazine rings is 1. The Morgan fingerprint density at radius 2 is 1.74 bits per heavy atom. The van der Waals surface area contributed by atoms with Crippen molar-refractivity contribution in [2.24, 2.45) is 5.92 Å². The summed E-state index contributed by atoms with van der Waals surface area (Å²) in [5, 5.41) is 1.27. The van der Waals surface area contributed by atoms with E-state index in [-0.39, 0.29) is 12.0 Å². The molecule has 0 bridgehead atoms. The molecule has 1 aliphatic carbocycles. The summed E-state index contributed by atoms with van der Waals surface area (Å²) < 4.78 is 14.6. The maximum absolute atomic E-state index is 13.4. The average Bonchev–Trinajstić information content (AvgIpc) is 3.66. The number of fused-ring (bicyclic) bond motifs is 2. The minimum Gasteiger partial charge on any atom is -0.497 e. The monoisotopic (exact) mass is 594 g/mol. The number of benzene rings is 2. The number of imidazole rings is 1. The van der Waals surface area contributed by atoms with Crippen LogP contribution in [-0.4, -0.2) is 71.6 Å². The second kappa shape index (κ2) is 12.1. The highest BCUT2D eigenvalue weighted by atomic mass is 32.1. The Morgan fingerprint density at radius 3 is 2.51 bits per heavy atom. The minimum absolute atomic E-state index is 0.0954. The lowest BCUT2D eigenvalue weighted by atomic mass is 9.86. The summed E-state index contributed by atoms with van der Waals surface area (Å²) in [5.74, 6) is 1.23. The number of thiophene rings is 1. The number of hydrogen-bond acceptors (Lipinski definition) is 6. The zero-order valence-electron chi connectivity index (χ0n) is 24.9. The van der Waals surface area contributed by atoms with Crippen molar-refractivity contribution >= 4 is 33.0 Å². The van der Waals surface area contributed by atoms with E-state index in [1.54, 1.807) is 14.2 Å². The number of pyridine rings is 1. The van der Waals surface area contributed by atoms with Crippen LogP contribution in [0.1, 0.15) is 31.4 Å². The number of amides is 1. The van der Waals surface area contributed by atoms with E-state index in [0.29, 0.717) is 5.91 Å². The summed E-state index contributed by atoms with van der Waals surface area (Å²) in [5.41, 5.74) is 5.35. The molecule has 1 saturated heterocycles. The second-order valence-electron chi connectivity index (χ2n) is 11.8.